The smallest absolute Gasteiger partial charge is 0.274 e. The van der Waals surface area contributed by atoms with Crippen molar-refractivity contribution in [3.63, 3.8) is 0 Å². The van der Waals surface area contributed by atoms with Gasteiger partial charge in [0.1, 0.15) is 5.82 Å². The molecule has 0 amide bonds. The van der Waals surface area contributed by atoms with E-state index in [9.17, 15) is 19.6 Å². The van der Waals surface area contributed by atoms with Crippen molar-refractivity contribution in [3.05, 3.63) is 34.1 Å². The number of nitro groups is 1. The molecule has 0 heterocycles. The summed E-state index contributed by atoms with van der Waals surface area (Å²) in [5, 5.41) is 22.8. The van der Waals surface area contributed by atoms with Gasteiger partial charge >= 0.3 is 0 Å². The molecule has 0 atom stereocenters. The Morgan fingerprint density at radius 3 is 2.65 bits per heavy atom. The molecule has 1 saturated carbocycles. The Hall–Kier alpha value is -1.69. The van der Waals surface area contributed by atoms with Crippen LogP contribution in [0.4, 0.5) is 15.8 Å². The summed E-state index contributed by atoms with van der Waals surface area (Å²) in [6, 6.07) is 3.35. The molecule has 17 heavy (non-hydrogen) atoms. The minimum absolute atomic E-state index is 0.0582. The lowest BCUT2D eigenvalue weighted by Gasteiger charge is -2.41. The molecule has 0 bridgehead atoms. The zero-order valence-electron chi connectivity index (χ0n) is 9.15. The number of rotatable bonds is 4. The summed E-state index contributed by atoms with van der Waals surface area (Å²) in [6.45, 7) is -0.0582. The lowest BCUT2D eigenvalue weighted by atomic mass is 9.77. The molecule has 6 heteroatoms. The Kier molecular flexibility index (Phi) is 2.97. The van der Waals surface area contributed by atoms with Gasteiger partial charge in [-0.05, 0) is 25.3 Å². The van der Waals surface area contributed by atoms with Gasteiger partial charge in [0.05, 0.1) is 23.1 Å². The summed E-state index contributed by atoms with van der Waals surface area (Å²) in [4.78, 5) is 9.95. The van der Waals surface area contributed by atoms with Gasteiger partial charge in [0.25, 0.3) is 5.69 Å². The molecule has 5 nitrogen and oxygen atoms in total. The average molecular weight is 240 g/mol. The monoisotopic (exact) mass is 240 g/mol. The first kappa shape index (κ1) is 11.8. The lowest BCUT2D eigenvalue weighted by molar-refractivity contribution is -0.385. The fourth-order valence-corrected chi connectivity index (χ4v) is 1.98. The van der Waals surface area contributed by atoms with Crippen LogP contribution in [0.1, 0.15) is 19.3 Å². The van der Waals surface area contributed by atoms with Crippen LogP contribution >= 0.6 is 0 Å². The molecular formula is C11H13FN2O3. The third-order valence-electron chi connectivity index (χ3n) is 3.12. The topological polar surface area (TPSA) is 75.4 Å². The van der Waals surface area contributed by atoms with Crippen molar-refractivity contribution in [3.8, 4) is 0 Å². The highest BCUT2D eigenvalue weighted by molar-refractivity contribution is 5.53. The van der Waals surface area contributed by atoms with E-state index in [4.69, 9.17) is 0 Å². The summed E-state index contributed by atoms with van der Waals surface area (Å²) in [5.74, 6) is -0.658. The van der Waals surface area contributed by atoms with E-state index in [1.165, 1.54) is 12.1 Å². The van der Waals surface area contributed by atoms with Gasteiger partial charge in [0.2, 0.25) is 0 Å². The number of hydrogen-bond acceptors (Lipinski definition) is 4. The first-order chi connectivity index (χ1) is 8.04. The van der Waals surface area contributed by atoms with Crippen LogP contribution in [0.2, 0.25) is 0 Å². The first-order valence-electron chi connectivity index (χ1n) is 5.39. The predicted molar refractivity (Wildman–Crippen MR) is 60.3 cm³/mol. The summed E-state index contributed by atoms with van der Waals surface area (Å²) in [6.07, 6.45) is 2.56. The summed E-state index contributed by atoms with van der Waals surface area (Å²) >= 11 is 0. The number of nitrogens with zero attached hydrogens (tertiary/aromatic N) is 1. The quantitative estimate of drug-likeness (QED) is 0.624. The zero-order valence-corrected chi connectivity index (χ0v) is 9.15. The number of halogens is 1. The molecule has 1 fully saturated rings. The lowest BCUT2D eigenvalue weighted by Crippen LogP contribution is -2.48. The van der Waals surface area contributed by atoms with Crippen LogP contribution in [-0.4, -0.2) is 22.2 Å². The van der Waals surface area contributed by atoms with Crippen LogP contribution in [0.5, 0.6) is 0 Å². The van der Waals surface area contributed by atoms with Crippen LogP contribution in [0.15, 0.2) is 18.2 Å². The molecule has 0 saturated heterocycles. The van der Waals surface area contributed by atoms with Crippen molar-refractivity contribution in [1.29, 1.82) is 0 Å². The van der Waals surface area contributed by atoms with Crippen molar-refractivity contribution in [2.45, 2.75) is 24.8 Å². The molecule has 2 rings (SSSR count). The molecular weight excluding hydrogens is 227 g/mol. The SMILES string of the molecule is O=[N+]([O-])c1cc(F)cc(NC2(CO)CCC2)c1. The van der Waals surface area contributed by atoms with Gasteiger partial charge in [-0.25, -0.2) is 4.39 Å². The van der Waals surface area contributed by atoms with E-state index in [2.05, 4.69) is 5.32 Å². The van der Waals surface area contributed by atoms with Crippen molar-refractivity contribution < 1.29 is 14.4 Å². The summed E-state index contributed by atoms with van der Waals surface area (Å²) in [7, 11) is 0. The van der Waals surface area contributed by atoms with E-state index >= 15 is 0 Å². The number of aliphatic hydroxyl groups excluding tert-OH is 1. The van der Waals surface area contributed by atoms with E-state index in [1.807, 2.05) is 0 Å². The number of nitrogens with one attached hydrogen (secondary N) is 1. The van der Waals surface area contributed by atoms with Crippen molar-refractivity contribution in [2.75, 3.05) is 11.9 Å². The molecule has 0 aromatic heterocycles. The standard InChI is InChI=1S/C11H13FN2O3/c12-8-4-9(6-10(5-8)14(16)17)13-11(7-15)2-1-3-11/h4-6,13,15H,1-3,7H2. The van der Waals surface area contributed by atoms with E-state index in [-0.39, 0.29) is 12.3 Å². The number of benzene rings is 1. The number of anilines is 1. The highest BCUT2D eigenvalue weighted by Gasteiger charge is 2.36. The Labute approximate surface area is 97.4 Å². The minimum Gasteiger partial charge on any atom is -0.394 e. The van der Waals surface area contributed by atoms with Gasteiger partial charge in [-0.2, -0.15) is 0 Å². The second-order valence-corrected chi connectivity index (χ2v) is 4.37. The number of aliphatic hydroxyl groups is 1. The highest BCUT2D eigenvalue weighted by atomic mass is 19.1. The largest absolute Gasteiger partial charge is 0.394 e. The van der Waals surface area contributed by atoms with Crippen molar-refractivity contribution in [2.24, 2.45) is 0 Å². The second kappa shape index (κ2) is 4.29. The average Bonchev–Trinajstić information content (AvgIpc) is 2.22. The molecule has 0 spiro atoms. The van der Waals surface area contributed by atoms with Crippen molar-refractivity contribution >= 4 is 11.4 Å². The van der Waals surface area contributed by atoms with Gasteiger partial charge in [0, 0.05) is 11.8 Å². The van der Waals surface area contributed by atoms with Gasteiger partial charge in [-0.3, -0.25) is 10.1 Å². The molecule has 2 N–H and O–H groups in total. The molecule has 1 aromatic rings. The minimum atomic E-state index is -0.658. The van der Waals surface area contributed by atoms with Gasteiger partial charge in [-0.15, -0.1) is 0 Å². The van der Waals surface area contributed by atoms with E-state index in [1.54, 1.807) is 0 Å². The second-order valence-electron chi connectivity index (χ2n) is 4.37. The van der Waals surface area contributed by atoms with Crippen LogP contribution in [0.25, 0.3) is 0 Å². The van der Waals surface area contributed by atoms with Crippen LogP contribution in [0, 0.1) is 15.9 Å². The molecule has 1 aliphatic rings. The van der Waals surface area contributed by atoms with E-state index in [0.717, 1.165) is 25.3 Å². The van der Waals surface area contributed by atoms with Crippen LogP contribution in [0.3, 0.4) is 0 Å². The molecule has 0 unspecified atom stereocenters. The Bertz CT molecular complexity index is 441. The first-order valence-corrected chi connectivity index (χ1v) is 5.39. The maximum Gasteiger partial charge on any atom is 0.274 e. The Balaban J connectivity index is 2.23. The van der Waals surface area contributed by atoms with E-state index < -0.39 is 16.3 Å². The molecule has 0 radical (unpaired) electrons. The fraction of sp³-hybridized carbons (Fsp3) is 0.455. The Morgan fingerprint density at radius 2 is 2.18 bits per heavy atom. The zero-order chi connectivity index (χ0) is 12.5. The maximum absolute atomic E-state index is 13.2. The number of nitro benzene ring substituents is 1. The highest BCUT2D eigenvalue weighted by Crippen LogP contribution is 2.35. The molecule has 0 aliphatic heterocycles. The normalized spacial score (nSPS) is 17.3. The molecule has 1 aliphatic carbocycles. The summed E-state index contributed by atoms with van der Waals surface area (Å²) < 4.78 is 13.2. The van der Waals surface area contributed by atoms with Gasteiger partial charge < -0.3 is 10.4 Å². The van der Waals surface area contributed by atoms with Crippen LogP contribution < -0.4 is 5.32 Å². The summed E-state index contributed by atoms with van der Waals surface area (Å²) in [5.41, 5.74) is -0.396. The third kappa shape index (κ3) is 2.36. The fourth-order valence-electron chi connectivity index (χ4n) is 1.98. The predicted octanol–water partition coefficient (Wildman–Crippen LogP) is 2.06. The number of non-ortho nitro benzene ring substituents is 1. The van der Waals surface area contributed by atoms with Gasteiger partial charge in [0.15, 0.2) is 0 Å². The van der Waals surface area contributed by atoms with Crippen molar-refractivity contribution in [1.82, 2.24) is 0 Å². The maximum atomic E-state index is 13.2. The molecule has 1 aromatic carbocycles. The third-order valence-corrected chi connectivity index (χ3v) is 3.12. The molecule has 92 valence electrons. The van der Waals surface area contributed by atoms with E-state index in [0.29, 0.717) is 5.69 Å². The Morgan fingerprint density at radius 1 is 1.47 bits per heavy atom. The number of hydrogen-bond donors (Lipinski definition) is 2. The van der Waals surface area contributed by atoms with Gasteiger partial charge in [-0.1, -0.05) is 0 Å². The van der Waals surface area contributed by atoms with Crippen LogP contribution in [-0.2, 0) is 0 Å².